The Kier molecular flexibility index (Phi) is 4.07. The van der Waals surface area contributed by atoms with Gasteiger partial charge in [0.25, 0.3) is 0 Å². The van der Waals surface area contributed by atoms with Crippen molar-refractivity contribution in [2.75, 3.05) is 0 Å². The van der Waals surface area contributed by atoms with Crippen LogP contribution in [-0.4, -0.2) is 11.6 Å². The zero-order valence-electron chi connectivity index (χ0n) is 9.90. The van der Waals surface area contributed by atoms with Crippen LogP contribution in [0.1, 0.15) is 27.1 Å². The molecule has 2 aromatic rings. The van der Waals surface area contributed by atoms with Crippen molar-refractivity contribution >= 4 is 23.2 Å². The van der Waals surface area contributed by atoms with Gasteiger partial charge in [-0.25, -0.2) is 4.39 Å². The topological polar surface area (TPSA) is 34.1 Å². The number of carbonyl (C=O) groups excluding carboxylic acids is 2. The highest BCUT2D eigenvalue weighted by Crippen LogP contribution is 2.19. The van der Waals surface area contributed by atoms with Crippen molar-refractivity contribution in [3.63, 3.8) is 0 Å². The smallest absolute Gasteiger partial charge is 0.172 e. The van der Waals surface area contributed by atoms with Crippen molar-refractivity contribution in [2.24, 2.45) is 0 Å². The van der Waals surface area contributed by atoms with Crippen molar-refractivity contribution in [1.29, 1.82) is 0 Å². The van der Waals surface area contributed by atoms with Gasteiger partial charge in [0.1, 0.15) is 5.82 Å². The summed E-state index contributed by atoms with van der Waals surface area (Å²) in [6.07, 6.45) is -0.282. The number of benzene rings is 2. The van der Waals surface area contributed by atoms with Gasteiger partial charge in [0.2, 0.25) is 0 Å². The van der Waals surface area contributed by atoms with Crippen LogP contribution >= 0.6 is 11.6 Å². The fourth-order valence-electron chi connectivity index (χ4n) is 1.68. The number of halogens is 2. The Labute approximate surface area is 114 Å². The largest absolute Gasteiger partial charge is 0.294 e. The second-order valence-electron chi connectivity index (χ2n) is 4.01. The molecule has 4 heteroatoms. The maximum Gasteiger partial charge on any atom is 0.172 e. The van der Waals surface area contributed by atoms with Crippen LogP contribution < -0.4 is 0 Å². The Morgan fingerprint density at radius 3 is 2.32 bits per heavy atom. The van der Waals surface area contributed by atoms with E-state index in [1.807, 2.05) is 0 Å². The van der Waals surface area contributed by atoms with Crippen LogP contribution in [-0.2, 0) is 0 Å². The first-order chi connectivity index (χ1) is 9.08. The van der Waals surface area contributed by atoms with Crippen molar-refractivity contribution < 1.29 is 14.0 Å². The Morgan fingerprint density at radius 2 is 1.68 bits per heavy atom. The molecule has 0 saturated carbocycles. The molecular weight excluding hydrogens is 267 g/mol. The maximum absolute atomic E-state index is 12.9. The zero-order chi connectivity index (χ0) is 13.8. The van der Waals surface area contributed by atoms with Crippen LogP contribution in [0.3, 0.4) is 0 Å². The molecule has 0 aliphatic rings. The summed E-state index contributed by atoms with van der Waals surface area (Å²) in [6, 6.07) is 12.0. The number of Topliss-reactive ketones (excluding diaryl/α,β-unsaturated/α-hetero) is 2. The van der Waals surface area contributed by atoms with E-state index in [2.05, 4.69) is 0 Å². The van der Waals surface area contributed by atoms with Gasteiger partial charge in [-0.15, -0.1) is 0 Å². The lowest BCUT2D eigenvalue weighted by Gasteiger charge is -2.03. The quantitative estimate of drug-likeness (QED) is 0.626. The van der Waals surface area contributed by atoms with Crippen molar-refractivity contribution in [1.82, 2.24) is 0 Å². The lowest BCUT2D eigenvalue weighted by Crippen LogP contribution is -2.09. The fourth-order valence-corrected chi connectivity index (χ4v) is 1.96. The molecule has 0 atom stereocenters. The Hall–Kier alpha value is -2.00. The molecular formula is C15H10ClFO2. The number of hydrogen-bond acceptors (Lipinski definition) is 2. The molecule has 0 heterocycles. The van der Waals surface area contributed by atoms with Crippen LogP contribution in [0.15, 0.2) is 48.5 Å². The molecule has 0 N–H and O–H groups in total. The van der Waals surface area contributed by atoms with Gasteiger partial charge in [0.05, 0.1) is 11.4 Å². The van der Waals surface area contributed by atoms with Gasteiger partial charge in [0.15, 0.2) is 11.6 Å². The second kappa shape index (κ2) is 5.76. The number of rotatable bonds is 4. The minimum atomic E-state index is -0.518. The number of ketones is 2. The minimum absolute atomic E-state index is 0.0193. The normalized spacial score (nSPS) is 10.2. The van der Waals surface area contributed by atoms with Gasteiger partial charge < -0.3 is 0 Å². The van der Waals surface area contributed by atoms with Crippen LogP contribution in [0.2, 0.25) is 5.02 Å². The number of carbonyl (C=O) groups is 2. The summed E-state index contributed by atoms with van der Waals surface area (Å²) < 4.78 is 12.9. The van der Waals surface area contributed by atoms with E-state index in [0.29, 0.717) is 5.56 Å². The lowest BCUT2D eigenvalue weighted by molar-refractivity contribution is 0.0894. The average Bonchev–Trinajstić information content (AvgIpc) is 2.39. The van der Waals surface area contributed by atoms with E-state index in [4.69, 9.17) is 11.6 Å². The molecule has 0 radical (unpaired) electrons. The van der Waals surface area contributed by atoms with Crippen molar-refractivity contribution in [2.45, 2.75) is 6.42 Å². The molecule has 0 saturated heterocycles. The Balaban J connectivity index is 2.15. The monoisotopic (exact) mass is 276 g/mol. The first-order valence-corrected chi connectivity index (χ1v) is 6.02. The molecule has 0 amide bonds. The summed E-state index contributed by atoms with van der Waals surface area (Å²) in [5.41, 5.74) is 0.626. The Bertz CT molecular complexity index is 623. The highest BCUT2D eigenvalue weighted by molar-refractivity contribution is 6.34. The predicted molar refractivity (Wildman–Crippen MR) is 71.1 cm³/mol. The highest BCUT2D eigenvalue weighted by Gasteiger charge is 2.16. The molecule has 0 bridgehead atoms. The maximum atomic E-state index is 12.9. The van der Waals surface area contributed by atoms with Gasteiger partial charge in [-0.2, -0.15) is 0 Å². The van der Waals surface area contributed by atoms with E-state index in [9.17, 15) is 14.0 Å². The molecule has 0 aliphatic heterocycles. The summed E-state index contributed by atoms with van der Waals surface area (Å²) in [5.74, 6) is -1.22. The third-order valence-electron chi connectivity index (χ3n) is 2.65. The molecule has 96 valence electrons. The van der Waals surface area contributed by atoms with Gasteiger partial charge in [-0.1, -0.05) is 41.9 Å². The first-order valence-electron chi connectivity index (χ1n) is 5.64. The Morgan fingerprint density at radius 1 is 1.00 bits per heavy atom. The second-order valence-corrected chi connectivity index (χ2v) is 4.42. The van der Waals surface area contributed by atoms with Gasteiger partial charge >= 0.3 is 0 Å². The van der Waals surface area contributed by atoms with Crippen LogP contribution in [0, 0.1) is 5.82 Å². The third-order valence-corrected chi connectivity index (χ3v) is 2.96. The summed E-state index contributed by atoms with van der Waals surface area (Å²) in [7, 11) is 0. The fraction of sp³-hybridized carbons (Fsp3) is 0.0667. The van der Waals surface area contributed by atoms with Gasteiger partial charge in [-0.05, 0) is 18.2 Å². The molecule has 0 fully saturated rings. The van der Waals surface area contributed by atoms with E-state index < -0.39 is 11.6 Å². The summed E-state index contributed by atoms with van der Waals surface area (Å²) in [5, 5.41) is 0.0193. The van der Waals surface area contributed by atoms with Gasteiger partial charge in [0, 0.05) is 11.1 Å². The average molecular weight is 277 g/mol. The van der Waals surface area contributed by atoms with Crippen LogP contribution in [0.25, 0.3) is 0 Å². The number of hydrogen-bond donors (Lipinski definition) is 0. The third kappa shape index (κ3) is 3.26. The van der Waals surface area contributed by atoms with Crippen molar-refractivity contribution in [3.05, 3.63) is 70.5 Å². The van der Waals surface area contributed by atoms with E-state index in [-0.39, 0.29) is 22.8 Å². The molecule has 19 heavy (non-hydrogen) atoms. The van der Waals surface area contributed by atoms with E-state index in [1.54, 1.807) is 30.3 Å². The molecule has 0 aromatic heterocycles. The van der Waals surface area contributed by atoms with Crippen molar-refractivity contribution in [3.8, 4) is 0 Å². The molecule has 2 rings (SSSR count). The molecule has 2 aromatic carbocycles. The van der Waals surface area contributed by atoms with E-state index in [0.717, 1.165) is 12.1 Å². The summed E-state index contributed by atoms with van der Waals surface area (Å²) in [4.78, 5) is 23.8. The summed E-state index contributed by atoms with van der Waals surface area (Å²) >= 11 is 5.78. The van der Waals surface area contributed by atoms with E-state index in [1.165, 1.54) is 6.07 Å². The zero-order valence-corrected chi connectivity index (χ0v) is 10.7. The minimum Gasteiger partial charge on any atom is -0.294 e. The standard InChI is InChI=1S/C15H10ClFO2/c16-13-8-11(17)6-7-12(13)15(19)9-14(18)10-4-2-1-3-5-10/h1-8H,9H2. The highest BCUT2D eigenvalue weighted by atomic mass is 35.5. The SMILES string of the molecule is O=C(CC(=O)c1ccc(F)cc1Cl)c1ccccc1. The summed E-state index contributed by atoms with van der Waals surface area (Å²) in [6.45, 7) is 0. The predicted octanol–water partition coefficient (Wildman–Crippen LogP) is 3.93. The van der Waals surface area contributed by atoms with Crippen LogP contribution in [0.4, 0.5) is 4.39 Å². The van der Waals surface area contributed by atoms with Gasteiger partial charge in [-0.3, -0.25) is 9.59 Å². The first kappa shape index (κ1) is 13.4. The molecule has 0 spiro atoms. The molecule has 0 aliphatic carbocycles. The lowest BCUT2D eigenvalue weighted by atomic mass is 10.0. The van der Waals surface area contributed by atoms with Crippen LogP contribution in [0.5, 0.6) is 0 Å². The van der Waals surface area contributed by atoms with E-state index >= 15 is 0 Å². The molecule has 2 nitrogen and oxygen atoms in total. The molecule has 0 unspecified atom stereocenters.